The summed E-state index contributed by atoms with van der Waals surface area (Å²) in [5.41, 5.74) is 0. The predicted molar refractivity (Wildman–Crippen MR) is 16.6 cm³/mol. The van der Waals surface area contributed by atoms with Gasteiger partial charge >= 0.3 is 0 Å². The van der Waals surface area contributed by atoms with Crippen molar-refractivity contribution in [3.63, 3.8) is 0 Å². The quantitative estimate of drug-likeness (QED) is 0.313. The Kier molecular flexibility index (Phi) is 2.04. The Morgan fingerprint density at radius 2 is 1.50 bits per heavy atom. The first-order valence-electron chi connectivity index (χ1n) is 1.08. The van der Waals surface area contributed by atoms with Crippen LogP contribution in [-0.4, -0.2) is 31.2 Å². The van der Waals surface area contributed by atoms with E-state index in [1.54, 1.807) is 0 Å². The van der Waals surface area contributed by atoms with E-state index in [2.05, 4.69) is 4.74 Å². The van der Waals surface area contributed by atoms with Crippen molar-refractivity contribution < 1.29 is 4.74 Å². The fraction of sp³-hybridized carbons (Fsp3) is 1.00. The summed E-state index contributed by atoms with van der Waals surface area (Å²) in [6.07, 6.45) is 0. The Labute approximate surface area is 36.6 Å². The molecule has 1 aliphatic rings. The Morgan fingerprint density at radius 1 is 1.25 bits per heavy atom. The van der Waals surface area contributed by atoms with Crippen molar-refractivity contribution in [1.29, 1.82) is 0 Å². The van der Waals surface area contributed by atoms with Gasteiger partial charge in [0.15, 0.2) is 0 Å². The molecule has 1 aliphatic heterocycles. The number of ether oxygens (including phenoxy) is 1. The van der Waals surface area contributed by atoms with Crippen LogP contribution in [0.2, 0.25) is 0 Å². The van der Waals surface area contributed by atoms with E-state index in [1.807, 2.05) is 0 Å². The molecule has 0 atom stereocenters. The van der Waals surface area contributed by atoms with Crippen LogP contribution in [0.1, 0.15) is 0 Å². The van der Waals surface area contributed by atoms with Crippen LogP contribution in [-0.2, 0) is 4.74 Å². The molecule has 0 aliphatic carbocycles. The van der Waals surface area contributed by atoms with Crippen molar-refractivity contribution in [1.82, 2.24) is 0 Å². The molecule has 0 N–H and O–H groups in total. The summed E-state index contributed by atoms with van der Waals surface area (Å²) in [4.78, 5) is 0. The predicted octanol–water partition coefficient (Wildman–Crippen LogP) is -0.364. The van der Waals surface area contributed by atoms with Gasteiger partial charge in [-0.2, -0.15) is 0 Å². The standard InChI is InChI=1S/C2H4O.As/c1-2-3-1;/h1-2H2;. The fourth-order valence-electron chi connectivity index (χ4n) is 0. The molecule has 3 radical (unpaired) electrons. The summed E-state index contributed by atoms with van der Waals surface area (Å²) in [6, 6.07) is 0. The van der Waals surface area contributed by atoms with E-state index < -0.39 is 0 Å². The van der Waals surface area contributed by atoms with Crippen molar-refractivity contribution in [3.8, 4) is 0 Å². The van der Waals surface area contributed by atoms with Gasteiger partial charge in [-0.1, -0.05) is 0 Å². The minimum atomic E-state index is 0. The zero-order valence-electron chi connectivity index (χ0n) is 2.27. The molecule has 0 aromatic carbocycles. The first-order valence-corrected chi connectivity index (χ1v) is 1.08. The Hall–Kier alpha value is 0.518. The second-order valence-corrected chi connectivity index (χ2v) is 0.612. The molecule has 1 heterocycles. The van der Waals surface area contributed by atoms with Crippen LogP contribution in [0.4, 0.5) is 0 Å². The molecule has 0 bridgehead atoms. The van der Waals surface area contributed by atoms with Crippen molar-refractivity contribution in [3.05, 3.63) is 0 Å². The molecule has 1 saturated heterocycles. The van der Waals surface area contributed by atoms with E-state index >= 15 is 0 Å². The average molecular weight is 119 g/mol. The van der Waals surface area contributed by atoms with Crippen LogP contribution in [0.25, 0.3) is 0 Å². The van der Waals surface area contributed by atoms with Gasteiger partial charge in [0.2, 0.25) is 0 Å². The van der Waals surface area contributed by atoms with E-state index in [-0.39, 0.29) is 18.0 Å². The molecular formula is C2H4AsO. The van der Waals surface area contributed by atoms with Gasteiger partial charge in [0.1, 0.15) is 0 Å². The van der Waals surface area contributed by atoms with Crippen LogP contribution in [0, 0.1) is 0 Å². The first-order chi connectivity index (χ1) is 1.50. The fourth-order valence-corrected chi connectivity index (χ4v) is 0. The molecule has 0 aromatic heterocycles. The van der Waals surface area contributed by atoms with Crippen LogP contribution in [0.3, 0.4) is 0 Å². The third kappa shape index (κ3) is 2.52. The maximum absolute atomic E-state index is 4.50. The van der Waals surface area contributed by atoms with Gasteiger partial charge in [0.25, 0.3) is 0 Å². The Bertz CT molecular complexity index is 10.8. The summed E-state index contributed by atoms with van der Waals surface area (Å²) in [6.45, 7) is 2.00. The smallest absolute Gasteiger partial charge is 0.0701 e. The molecule has 0 unspecified atom stereocenters. The molecule has 0 aromatic rings. The van der Waals surface area contributed by atoms with Gasteiger partial charge in [-0.15, -0.1) is 0 Å². The van der Waals surface area contributed by atoms with E-state index in [4.69, 9.17) is 0 Å². The summed E-state index contributed by atoms with van der Waals surface area (Å²) in [7, 11) is 0. The van der Waals surface area contributed by atoms with Gasteiger partial charge in [-0.3, -0.25) is 0 Å². The molecular weight excluding hydrogens is 115 g/mol. The van der Waals surface area contributed by atoms with E-state index in [0.717, 1.165) is 13.2 Å². The minimum Gasteiger partial charge on any atom is -0.377 e. The van der Waals surface area contributed by atoms with Crippen molar-refractivity contribution in [2.45, 2.75) is 0 Å². The molecule has 0 spiro atoms. The van der Waals surface area contributed by atoms with Gasteiger partial charge in [0, 0.05) is 18.0 Å². The summed E-state index contributed by atoms with van der Waals surface area (Å²) < 4.78 is 4.50. The SMILES string of the molecule is C1CO1.[As]. The van der Waals surface area contributed by atoms with Gasteiger partial charge in [-0.05, 0) is 0 Å². The number of epoxide rings is 1. The zero-order chi connectivity index (χ0) is 2.12. The van der Waals surface area contributed by atoms with Crippen molar-refractivity contribution in [2.24, 2.45) is 0 Å². The molecule has 1 rings (SSSR count). The van der Waals surface area contributed by atoms with E-state index in [9.17, 15) is 0 Å². The average Bonchev–Trinajstić information content (AvgIpc) is 1.46. The Balaban J connectivity index is 0.0000000900. The van der Waals surface area contributed by atoms with E-state index in [0.29, 0.717) is 0 Å². The van der Waals surface area contributed by atoms with Gasteiger partial charge in [0.05, 0.1) is 13.2 Å². The third-order valence-corrected chi connectivity index (χ3v) is 0.204. The van der Waals surface area contributed by atoms with Crippen LogP contribution in [0.15, 0.2) is 0 Å². The number of hydrogen-bond acceptors (Lipinski definition) is 1. The molecule has 0 saturated carbocycles. The molecule has 2 heteroatoms. The maximum Gasteiger partial charge on any atom is 0.0701 e. The monoisotopic (exact) mass is 119 g/mol. The summed E-state index contributed by atoms with van der Waals surface area (Å²) >= 11 is 0. The second kappa shape index (κ2) is 1.80. The molecule has 1 nitrogen and oxygen atoms in total. The zero-order valence-corrected chi connectivity index (χ0v) is 4.15. The Morgan fingerprint density at radius 3 is 1.50 bits per heavy atom. The normalized spacial score (nSPS) is 18.0. The van der Waals surface area contributed by atoms with E-state index in [1.165, 1.54) is 0 Å². The first kappa shape index (κ1) is 4.52. The summed E-state index contributed by atoms with van der Waals surface area (Å²) in [5, 5.41) is 0. The number of hydrogen-bond donors (Lipinski definition) is 0. The molecule has 4 heavy (non-hydrogen) atoms. The number of rotatable bonds is 0. The molecule has 0 amide bonds. The van der Waals surface area contributed by atoms with Crippen LogP contribution < -0.4 is 0 Å². The van der Waals surface area contributed by atoms with Gasteiger partial charge < -0.3 is 4.74 Å². The largest absolute Gasteiger partial charge is 0.377 e. The maximum atomic E-state index is 4.50. The van der Waals surface area contributed by atoms with Crippen molar-refractivity contribution >= 4 is 18.0 Å². The van der Waals surface area contributed by atoms with Gasteiger partial charge in [-0.25, -0.2) is 0 Å². The van der Waals surface area contributed by atoms with Crippen LogP contribution >= 0.6 is 0 Å². The third-order valence-electron chi connectivity index (χ3n) is 0.204. The molecule has 1 fully saturated rings. The van der Waals surface area contributed by atoms with Crippen LogP contribution in [0.5, 0.6) is 0 Å². The minimum absolute atomic E-state index is 0. The molecule has 23 valence electrons. The summed E-state index contributed by atoms with van der Waals surface area (Å²) in [5.74, 6) is 0. The second-order valence-electron chi connectivity index (χ2n) is 0.612. The van der Waals surface area contributed by atoms with Crippen molar-refractivity contribution in [2.75, 3.05) is 13.2 Å². The topological polar surface area (TPSA) is 12.5 Å².